The van der Waals surface area contributed by atoms with E-state index in [0.29, 0.717) is 37.4 Å². The van der Waals surface area contributed by atoms with E-state index in [9.17, 15) is 14.7 Å². The van der Waals surface area contributed by atoms with Gasteiger partial charge in [-0.25, -0.2) is 0 Å². The number of phenols is 1. The number of amides is 2. The van der Waals surface area contributed by atoms with Crippen LogP contribution in [0.15, 0.2) is 66.9 Å². The van der Waals surface area contributed by atoms with Crippen LogP contribution in [0.25, 0.3) is 0 Å². The fourth-order valence-corrected chi connectivity index (χ4v) is 5.74. The van der Waals surface area contributed by atoms with Crippen LogP contribution in [0, 0.1) is 0 Å². The molecular formula is C28H29N3O5. The van der Waals surface area contributed by atoms with Crippen LogP contribution in [0.1, 0.15) is 50.9 Å². The molecule has 2 heterocycles. The number of rotatable bonds is 5. The maximum absolute atomic E-state index is 13.2. The Balaban J connectivity index is 1.39. The lowest BCUT2D eigenvalue weighted by atomic mass is 9.71. The predicted octanol–water partition coefficient (Wildman–Crippen LogP) is 3.47. The summed E-state index contributed by atoms with van der Waals surface area (Å²) in [5, 5.41) is 13.5. The molecule has 1 aromatic heterocycles. The molecule has 186 valence electrons. The molecule has 1 aliphatic heterocycles. The van der Waals surface area contributed by atoms with Crippen LogP contribution in [0.3, 0.4) is 0 Å². The fourth-order valence-electron chi connectivity index (χ4n) is 5.74. The van der Waals surface area contributed by atoms with Crippen LogP contribution in [0.2, 0.25) is 0 Å². The van der Waals surface area contributed by atoms with Gasteiger partial charge in [-0.05, 0) is 48.2 Å². The van der Waals surface area contributed by atoms with Crippen LogP contribution in [-0.4, -0.2) is 60.2 Å². The molecule has 5 rings (SSSR count). The number of benzene rings is 2. The number of carbonyl (C=O) groups excluding carboxylic acids is 2. The van der Waals surface area contributed by atoms with E-state index in [4.69, 9.17) is 9.47 Å². The minimum atomic E-state index is -0.355. The Morgan fingerprint density at radius 1 is 1.06 bits per heavy atom. The average molecular weight is 488 g/mol. The summed E-state index contributed by atoms with van der Waals surface area (Å²) in [4.78, 5) is 32.2. The van der Waals surface area contributed by atoms with E-state index < -0.39 is 0 Å². The second kappa shape index (κ2) is 9.62. The van der Waals surface area contributed by atoms with Gasteiger partial charge in [0.15, 0.2) is 0 Å². The zero-order chi connectivity index (χ0) is 25.3. The number of likely N-dealkylation sites (tertiary alicyclic amines) is 1. The minimum absolute atomic E-state index is 0.0992. The number of nitrogens with one attached hydrogen (secondary N) is 1. The monoisotopic (exact) mass is 487 g/mol. The van der Waals surface area contributed by atoms with Crippen molar-refractivity contribution in [1.82, 2.24) is 15.2 Å². The summed E-state index contributed by atoms with van der Waals surface area (Å²) in [5.74, 6) is -0.0776. The Hall–Kier alpha value is -3.91. The minimum Gasteiger partial charge on any atom is -0.507 e. The number of carbonyl (C=O) groups is 2. The first-order valence-corrected chi connectivity index (χ1v) is 12.0. The molecule has 1 fully saturated rings. The lowest BCUT2D eigenvalue weighted by molar-refractivity contribution is -0.00935. The smallest absolute Gasteiger partial charge is 0.270 e. The highest BCUT2D eigenvalue weighted by atomic mass is 16.5. The van der Waals surface area contributed by atoms with E-state index >= 15 is 0 Å². The molecule has 1 saturated heterocycles. The molecule has 8 nitrogen and oxygen atoms in total. The number of pyridine rings is 1. The van der Waals surface area contributed by atoms with Crippen molar-refractivity contribution in [1.29, 1.82) is 0 Å². The lowest BCUT2D eigenvalue weighted by Gasteiger charge is -2.44. The molecule has 8 heteroatoms. The van der Waals surface area contributed by atoms with Gasteiger partial charge in [-0.1, -0.05) is 30.3 Å². The number of hydrogen-bond acceptors (Lipinski definition) is 6. The first kappa shape index (κ1) is 23.8. The number of nitrogens with zero attached hydrogens (tertiary/aromatic N) is 2. The summed E-state index contributed by atoms with van der Waals surface area (Å²) in [6.45, 7) is 0.999. The van der Waals surface area contributed by atoms with Crippen molar-refractivity contribution in [3.63, 3.8) is 0 Å². The summed E-state index contributed by atoms with van der Waals surface area (Å²) in [6.07, 6.45) is 2.64. The molecule has 0 radical (unpaired) electrons. The highest BCUT2D eigenvalue weighted by Crippen LogP contribution is 2.52. The molecule has 2 atom stereocenters. The van der Waals surface area contributed by atoms with E-state index in [-0.39, 0.29) is 40.7 Å². The molecular weight excluding hydrogens is 458 g/mol. The van der Waals surface area contributed by atoms with E-state index in [1.807, 2.05) is 18.2 Å². The largest absolute Gasteiger partial charge is 0.507 e. The molecule has 2 amide bonds. The highest BCUT2D eigenvalue weighted by molar-refractivity contribution is 5.97. The predicted molar refractivity (Wildman–Crippen MR) is 133 cm³/mol. The van der Waals surface area contributed by atoms with E-state index in [2.05, 4.69) is 16.4 Å². The van der Waals surface area contributed by atoms with Crippen molar-refractivity contribution >= 4 is 11.8 Å². The standard InChI is InChI=1S/C28H29N3O5/c1-35-18-10-11-20(23(32)17-18)27(34)31-15-12-28(13-16-31)21-8-4-3-7-19(21)24(25(28)36-2)30-26(33)22-9-5-6-14-29-22/h3-11,14,17,24-25,32H,12-13,15-16H2,1-2H3,(H,30,33)/t24-,25+/m0/s1. The quantitative estimate of drug-likeness (QED) is 0.572. The van der Waals surface area contributed by atoms with Crippen molar-refractivity contribution in [2.45, 2.75) is 30.4 Å². The first-order valence-electron chi connectivity index (χ1n) is 12.0. The van der Waals surface area contributed by atoms with E-state index in [1.165, 1.54) is 13.2 Å². The van der Waals surface area contributed by atoms with Crippen LogP contribution < -0.4 is 10.1 Å². The molecule has 1 aliphatic carbocycles. The summed E-state index contributed by atoms with van der Waals surface area (Å²) < 4.78 is 11.2. The third-order valence-electron chi connectivity index (χ3n) is 7.50. The van der Waals surface area contributed by atoms with Crippen LogP contribution in [0.4, 0.5) is 0 Å². The number of ether oxygens (including phenoxy) is 2. The topological polar surface area (TPSA) is 101 Å². The average Bonchev–Trinajstić information content (AvgIpc) is 3.17. The number of phenolic OH excluding ortho intramolecular Hbond substituents is 1. The third kappa shape index (κ3) is 3.97. The molecule has 0 bridgehead atoms. The highest BCUT2D eigenvalue weighted by Gasteiger charge is 2.54. The molecule has 3 aromatic rings. The summed E-state index contributed by atoms with van der Waals surface area (Å²) in [6, 6.07) is 17.7. The molecule has 2 aliphatic rings. The summed E-state index contributed by atoms with van der Waals surface area (Å²) in [7, 11) is 3.18. The molecule has 2 N–H and O–H groups in total. The van der Waals surface area contributed by atoms with Gasteiger partial charge < -0.3 is 24.8 Å². The van der Waals surface area contributed by atoms with Gasteiger partial charge in [-0.3, -0.25) is 14.6 Å². The van der Waals surface area contributed by atoms with Gasteiger partial charge >= 0.3 is 0 Å². The van der Waals surface area contributed by atoms with Crippen molar-refractivity contribution in [3.05, 3.63) is 89.2 Å². The normalized spacial score (nSPS) is 20.1. The van der Waals surface area contributed by atoms with Gasteiger partial charge in [0.2, 0.25) is 0 Å². The lowest BCUT2D eigenvalue weighted by Crippen LogP contribution is -2.51. The Labute approximate surface area is 209 Å². The van der Waals surface area contributed by atoms with Gasteiger partial charge in [0.25, 0.3) is 11.8 Å². The number of aromatic hydroxyl groups is 1. The molecule has 2 aromatic carbocycles. The third-order valence-corrected chi connectivity index (χ3v) is 7.50. The van der Waals surface area contributed by atoms with Gasteiger partial charge in [0.1, 0.15) is 17.2 Å². The maximum Gasteiger partial charge on any atom is 0.270 e. The number of piperidine rings is 1. The van der Waals surface area contributed by atoms with E-state index in [0.717, 1.165) is 11.1 Å². The SMILES string of the molecule is COc1ccc(C(=O)N2CCC3(CC2)c2ccccc2[C@H](NC(=O)c2ccccn2)[C@H]3OC)c(O)c1. The Morgan fingerprint density at radius 3 is 2.47 bits per heavy atom. The van der Waals surface area contributed by atoms with Crippen LogP contribution in [-0.2, 0) is 10.2 Å². The van der Waals surface area contributed by atoms with Crippen LogP contribution in [0.5, 0.6) is 11.5 Å². The second-order valence-electron chi connectivity index (χ2n) is 9.24. The summed E-state index contributed by atoms with van der Waals surface area (Å²) in [5.41, 5.74) is 2.42. The molecule has 0 saturated carbocycles. The first-order chi connectivity index (χ1) is 17.5. The number of hydrogen-bond donors (Lipinski definition) is 2. The Morgan fingerprint density at radius 2 is 1.81 bits per heavy atom. The van der Waals surface area contributed by atoms with Gasteiger partial charge in [-0.15, -0.1) is 0 Å². The zero-order valence-corrected chi connectivity index (χ0v) is 20.3. The van der Waals surface area contributed by atoms with Crippen molar-refractivity contribution in [2.24, 2.45) is 0 Å². The number of fused-ring (bicyclic) bond motifs is 2. The van der Waals surface area contributed by atoms with Crippen molar-refractivity contribution in [2.75, 3.05) is 27.3 Å². The molecule has 36 heavy (non-hydrogen) atoms. The van der Waals surface area contributed by atoms with Crippen molar-refractivity contribution in [3.8, 4) is 11.5 Å². The van der Waals surface area contributed by atoms with Crippen LogP contribution >= 0.6 is 0 Å². The van der Waals surface area contributed by atoms with Gasteiger partial charge in [0.05, 0.1) is 24.8 Å². The molecule has 1 spiro atoms. The van der Waals surface area contributed by atoms with Gasteiger partial charge in [0, 0.05) is 37.9 Å². The Kier molecular flexibility index (Phi) is 6.36. The fraction of sp³-hybridized carbons (Fsp3) is 0.321. The van der Waals surface area contributed by atoms with E-state index in [1.54, 1.807) is 48.5 Å². The molecule has 0 unspecified atom stereocenters. The maximum atomic E-state index is 13.2. The number of methoxy groups -OCH3 is 2. The summed E-state index contributed by atoms with van der Waals surface area (Å²) >= 11 is 0. The second-order valence-corrected chi connectivity index (χ2v) is 9.24. The number of aromatic nitrogens is 1. The Bertz CT molecular complexity index is 1270. The zero-order valence-electron chi connectivity index (χ0n) is 20.3. The van der Waals surface area contributed by atoms with Crippen molar-refractivity contribution < 1.29 is 24.2 Å². The van der Waals surface area contributed by atoms with Gasteiger partial charge in [-0.2, -0.15) is 0 Å².